The van der Waals surface area contributed by atoms with Crippen LogP contribution in [0.1, 0.15) is 0 Å². The third-order valence-corrected chi connectivity index (χ3v) is 3.57. The van der Waals surface area contributed by atoms with Crippen molar-refractivity contribution >= 4 is 43.5 Å². The minimum Gasteiger partial charge on any atom is -0.495 e. The zero-order valence-electron chi connectivity index (χ0n) is 10.00. The number of ether oxygens (including phenoxy) is 2. The topological polar surface area (TPSA) is 73.6 Å². The molecule has 3 N–H and O–H groups in total. The Labute approximate surface area is 122 Å². The summed E-state index contributed by atoms with van der Waals surface area (Å²) in [5.74, 6) is 0.320. The molecule has 100 valence electrons. The van der Waals surface area contributed by atoms with Crippen molar-refractivity contribution in [2.45, 2.75) is 6.10 Å². The molecule has 0 aliphatic carbocycles. The quantitative estimate of drug-likeness (QED) is 0.819. The summed E-state index contributed by atoms with van der Waals surface area (Å²) in [6.45, 7) is 0.119. The molecule has 0 aromatic heterocycles. The number of halogens is 2. The van der Waals surface area contributed by atoms with Crippen molar-refractivity contribution in [1.29, 1.82) is 0 Å². The normalized spacial score (nSPS) is 12.1. The molecule has 0 heterocycles. The molecule has 0 fully saturated rings. The van der Waals surface area contributed by atoms with E-state index in [9.17, 15) is 4.79 Å². The van der Waals surface area contributed by atoms with Crippen LogP contribution in [0.2, 0.25) is 0 Å². The molecule has 1 rings (SSSR count). The molecule has 1 aromatic carbocycles. The van der Waals surface area contributed by atoms with Crippen molar-refractivity contribution < 1.29 is 14.3 Å². The molecule has 1 unspecified atom stereocenters. The summed E-state index contributed by atoms with van der Waals surface area (Å²) in [5, 5.41) is 2.72. The smallest absolute Gasteiger partial charge is 0.254 e. The van der Waals surface area contributed by atoms with Crippen LogP contribution in [0.3, 0.4) is 0 Å². The highest BCUT2D eigenvalue weighted by Crippen LogP contribution is 2.34. The first-order chi connectivity index (χ1) is 8.53. The number of rotatable bonds is 5. The van der Waals surface area contributed by atoms with Gasteiger partial charge in [0.2, 0.25) is 0 Å². The summed E-state index contributed by atoms with van der Waals surface area (Å²) < 4.78 is 11.6. The van der Waals surface area contributed by atoms with Crippen LogP contribution in [-0.2, 0) is 9.53 Å². The number of hydrogen-bond acceptors (Lipinski definition) is 4. The Morgan fingerprint density at radius 2 is 2.06 bits per heavy atom. The fourth-order valence-corrected chi connectivity index (χ4v) is 2.56. The number of carbonyl (C=O) groups excluding carboxylic acids is 1. The first-order valence-corrected chi connectivity index (χ1v) is 6.68. The van der Waals surface area contributed by atoms with Gasteiger partial charge in [-0.3, -0.25) is 4.79 Å². The molecule has 0 aliphatic heterocycles. The van der Waals surface area contributed by atoms with E-state index in [-0.39, 0.29) is 12.5 Å². The second-order valence-electron chi connectivity index (χ2n) is 3.42. The van der Waals surface area contributed by atoms with Crippen LogP contribution < -0.4 is 15.8 Å². The molecular formula is C11H14Br2N2O3. The lowest BCUT2D eigenvalue weighted by Crippen LogP contribution is -2.36. The number of carbonyl (C=O) groups is 1. The van der Waals surface area contributed by atoms with E-state index < -0.39 is 6.10 Å². The largest absolute Gasteiger partial charge is 0.495 e. The van der Waals surface area contributed by atoms with Crippen molar-refractivity contribution in [3.63, 3.8) is 0 Å². The van der Waals surface area contributed by atoms with Crippen molar-refractivity contribution in [3.05, 3.63) is 21.1 Å². The second-order valence-corrected chi connectivity index (χ2v) is 5.12. The number of nitrogens with one attached hydrogen (secondary N) is 1. The van der Waals surface area contributed by atoms with Crippen LogP contribution in [0.15, 0.2) is 21.1 Å². The Balaban J connectivity index is 2.93. The maximum Gasteiger partial charge on any atom is 0.254 e. The second kappa shape index (κ2) is 7.08. The van der Waals surface area contributed by atoms with Crippen molar-refractivity contribution in [3.8, 4) is 5.75 Å². The highest BCUT2D eigenvalue weighted by atomic mass is 79.9. The highest BCUT2D eigenvalue weighted by Gasteiger charge is 2.17. The fourth-order valence-electron chi connectivity index (χ4n) is 1.30. The van der Waals surface area contributed by atoms with Crippen LogP contribution in [0.5, 0.6) is 5.75 Å². The van der Waals surface area contributed by atoms with Gasteiger partial charge in [-0.15, -0.1) is 0 Å². The third-order valence-electron chi connectivity index (χ3n) is 2.29. The summed E-state index contributed by atoms with van der Waals surface area (Å²) in [5.41, 5.74) is 6.02. The van der Waals surface area contributed by atoms with Gasteiger partial charge in [-0.2, -0.15) is 0 Å². The Morgan fingerprint density at radius 1 is 1.39 bits per heavy atom. The first-order valence-electron chi connectivity index (χ1n) is 5.10. The molecular weight excluding hydrogens is 368 g/mol. The van der Waals surface area contributed by atoms with Crippen LogP contribution in [0.4, 0.5) is 5.69 Å². The zero-order chi connectivity index (χ0) is 13.7. The molecule has 5 nitrogen and oxygen atoms in total. The number of methoxy groups -OCH3 is 2. The van der Waals surface area contributed by atoms with Crippen molar-refractivity contribution in [2.75, 3.05) is 26.1 Å². The SMILES string of the molecule is COc1cc(NC(=O)C(CN)OC)c(Br)cc1Br. The average molecular weight is 382 g/mol. The van der Waals surface area contributed by atoms with Gasteiger partial charge in [0.1, 0.15) is 11.9 Å². The molecule has 0 saturated carbocycles. The van der Waals surface area contributed by atoms with Gasteiger partial charge in [0, 0.05) is 24.2 Å². The summed E-state index contributed by atoms with van der Waals surface area (Å²) in [7, 11) is 2.99. The number of nitrogens with two attached hydrogens (primary N) is 1. The minimum absolute atomic E-state index is 0.119. The van der Waals surface area contributed by atoms with Crippen molar-refractivity contribution in [2.24, 2.45) is 5.73 Å². The van der Waals surface area contributed by atoms with E-state index in [4.69, 9.17) is 15.2 Å². The Kier molecular flexibility index (Phi) is 6.07. The summed E-state index contributed by atoms with van der Waals surface area (Å²) >= 11 is 6.71. The molecule has 1 aromatic rings. The van der Waals surface area contributed by atoms with Crippen LogP contribution >= 0.6 is 31.9 Å². The van der Waals surface area contributed by atoms with Crippen LogP contribution in [-0.4, -0.2) is 32.8 Å². The Morgan fingerprint density at radius 3 is 2.56 bits per heavy atom. The molecule has 0 spiro atoms. The van der Waals surface area contributed by atoms with Gasteiger partial charge in [-0.05, 0) is 37.9 Å². The lowest BCUT2D eigenvalue weighted by molar-refractivity contribution is -0.125. The van der Waals surface area contributed by atoms with Crippen LogP contribution in [0, 0.1) is 0 Å². The lowest BCUT2D eigenvalue weighted by atomic mass is 10.2. The summed E-state index contributed by atoms with van der Waals surface area (Å²) in [6, 6.07) is 3.49. The molecule has 18 heavy (non-hydrogen) atoms. The third kappa shape index (κ3) is 3.68. The van der Waals surface area contributed by atoms with Gasteiger partial charge in [-0.1, -0.05) is 0 Å². The maximum absolute atomic E-state index is 11.8. The van der Waals surface area contributed by atoms with E-state index in [0.717, 1.165) is 8.95 Å². The van der Waals surface area contributed by atoms with E-state index in [2.05, 4.69) is 37.2 Å². The maximum atomic E-state index is 11.8. The lowest BCUT2D eigenvalue weighted by Gasteiger charge is -2.15. The molecule has 1 atom stereocenters. The number of hydrogen-bond donors (Lipinski definition) is 2. The fraction of sp³-hybridized carbons (Fsp3) is 0.364. The predicted molar refractivity (Wildman–Crippen MR) is 76.9 cm³/mol. The standard InChI is InChI=1S/C11H14Br2N2O3/c1-17-9-4-8(6(12)3-7(9)13)15-11(16)10(5-14)18-2/h3-4,10H,5,14H2,1-2H3,(H,15,16). The molecule has 1 amide bonds. The van der Waals surface area contributed by atoms with E-state index in [1.165, 1.54) is 7.11 Å². The molecule has 0 aliphatic rings. The van der Waals surface area contributed by atoms with E-state index >= 15 is 0 Å². The highest BCUT2D eigenvalue weighted by molar-refractivity contribution is 9.11. The first kappa shape index (κ1) is 15.4. The molecule has 0 bridgehead atoms. The van der Waals surface area contributed by atoms with Crippen molar-refractivity contribution in [1.82, 2.24) is 0 Å². The van der Waals surface area contributed by atoms with E-state index in [0.29, 0.717) is 11.4 Å². The van der Waals surface area contributed by atoms with Gasteiger partial charge < -0.3 is 20.5 Å². The number of benzene rings is 1. The van der Waals surface area contributed by atoms with Gasteiger partial charge in [0.05, 0.1) is 17.3 Å². The predicted octanol–water partition coefficient (Wildman–Crippen LogP) is 2.13. The average Bonchev–Trinajstić information content (AvgIpc) is 2.34. The Bertz CT molecular complexity index is 437. The number of anilines is 1. The number of amides is 1. The zero-order valence-corrected chi connectivity index (χ0v) is 13.2. The summed E-state index contributed by atoms with van der Waals surface area (Å²) in [4.78, 5) is 11.8. The van der Waals surface area contributed by atoms with E-state index in [1.54, 1.807) is 19.2 Å². The van der Waals surface area contributed by atoms with Gasteiger partial charge in [0.25, 0.3) is 5.91 Å². The van der Waals surface area contributed by atoms with Crippen LogP contribution in [0.25, 0.3) is 0 Å². The van der Waals surface area contributed by atoms with Gasteiger partial charge >= 0.3 is 0 Å². The van der Waals surface area contributed by atoms with Gasteiger partial charge in [-0.25, -0.2) is 0 Å². The van der Waals surface area contributed by atoms with Gasteiger partial charge in [0.15, 0.2) is 0 Å². The molecule has 0 radical (unpaired) electrons. The Hall–Kier alpha value is -0.630. The summed E-state index contributed by atoms with van der Waals surface area (Å²) in [6.07, 6.45) is -0.674. The minimum atomic E-state index is -0.674. The monoisotopic (exact) mass is 380 g/mol. The molecule has 0 saturated heterocycles. The van der Waals surface area contributed by atoms with E-state index in [1.807, 2.05) is 0 Å². The molecule has 7 heteroatoms.